The van der Waals surface area contributed by atoms with Crippen molar-refractivity contribution in [2.45, 2.75) is 20.3 Å². The summed E-state index contributed by atoms with van der Waals surface area (Å²) in [5, 5.41) is 3.11. The summed E-state index contributed by atoms with van der Waals surface area (Å²) in [5.41, 5.74) is 0. The monoisotopic (exact) mass is 252 g/mol. The molecule has 16 heavy (non-hydrogen) atoms. The van der Waals surface area contributed by atoms with Gasteiger partial charge in [0.05, 0.1) is 12.4 Å². The SMILES string of the molecule is CCNCCCS(=O)(=O)N(CC)CCOC. The van der Waals surface area contributed by atoms with Crippen molar-refractivity contribution in [3.05, 3.63) is 0 Å². The lowest BCUT2D eigenvalue weighted by Gasteiger charge is -2.19. The van der Waals surface area contributed by atoms with Gasteiger partial charge >= 0.3 is 0 Å². The quantitative estimate of drug-likeness (QED) is 0.568. The Morgan fingerprint density at radius 2 is 2.00 bits per heavy atom. The first-order valence-electron chi connectivity index (χ1n) is 5.76. The maximum Gasteiger partial charge on any atom is 0.214 e. The van der Waals surface area contributed by atoms with Crippen LogP contribution in [0.3, 0.4) is 0 Å². The molecule has 5 nitrogen and oxygen atoms in total. The van der Waals surface area contributed by atoms with Crippen molar-refractivity contribution in [1.82, 2.24) is 9.62 Å². The van der Waals surface area contributed by atoms with Crippen LogP contribution in [0, 0.1) is 0 Å². The first-order valence-corrected chi connectivity index (χ1v) is 7.36. The molecule has 98 valence electrons. The molecule has 0 aliphatic rings. The van der Waals surface area contributed by atoms with Gasteiger partial charge in [-0.05, 0) is 19.5 Å². The predicted octanol–water partition coefficient (Wildman–Crippen LogP) is 0.284. The Bertz CT molecular complexity index is 255. The van der Waals surface area contributed by atoms with Gasteiger partial charge in [-0.25, -0.2) is 8.42 Å². The van der Waals surface area contributed by atoms with Crippen LogP contribution in [-0.4, -0.2) is 58.4 Å². The highest BCUT2D eigenvalue weighted by Crippen LogP contribution is 2.02. The van der Waals surface area contributed by atoms with E-state index in [0.717, 1.165) is 13.1 Å². The van der Waals surface area contributed by atoms with Crippen molar-refractivity contribution in [3.63, 3.8) is 0 Å². The van der Waals surface area contributed by atoms with Gasteiger partial charge in [-0.2, -0.15) is 4.31 Å². The van der Waals surface area contributed by atoms with E-state index >= 15 is 0 Å². The summed E-state index contributed by atoms with van der Waals surface area (Å²) in [7, 11) is -1.54. The molecule has 0 bridgehead atoms. The van der Waals surface area contributed by atoms with E-state index in [1.807, 2.05) is 13.8 Å². The van der Waals surface area contributed by atoms with Gasteiger partial charge < -0.3 is 10.1 Å². The van der Waals surface area contributed by atoms with Crippen LogP contribution in [0.5, 0.6) is 0 Å². The highest BCUT2D eigenvalue weighted by Gasteiger charge is 2.19. The van der Waals surface area contributed by atoms with Crippen LogP contribution in [0.1, 0.15) is 20.3 Å². The van der Waals surface area contributed by atoms with E-state index in [1.54, 1.807) is 7.11 Å². The molecule has 1 N–H and O–H groups in total. The van der Waals surface area contributed by atoms with E-state index in [2.05, 4.69) is 5.32 Å². The molecule has 0 radical (unpaired) electrons. The van der Waals surface area contributed by atoms with Crippen LogP contribution in [0.15, 0.2) is 0 Å². The molecule has 0 rings (SSSR count). The molecular formula is C10H24N2O3S. The van der Waals surface area contributed by atoms with Crippen molar-refractivity contribution in [3.8, 4) is 0 Å². The molecule has 6 heteroatoms. The zero-order valence-electron chi connectivity index (χ0n) is 10.5. The Balaban J connectivity index is 4.05. The zero-order valence-corrected chi connectivity index (χ0v) is 11.3. The number of likely N-dealkylation sites (N-methyl/N-ethyl adjacent to an activating group) is 1. The molecule has 0 amide bonds. The first-order chi connectivity index (χ1) is 7.58. The second-order valence-electron chi connectivity index (χ2n) is 3.51. The Morgan fingerprint density at radius 3 is 2.50 bits per heavy atom. The van der Waals surface area contributed by atoms with Crippen molar-refractivity contribution in [2.24, 2.45) is 0 Å². The normalized spacial score (nSPS) is 12.2. The molecule has 0 heterocycles. The third-order valence-corrected chi connectivity index (χ3v) is 4.33. The Morgan fingerprint density at radius 1 is 1.31 bits per heavy atom. The van der Waals surface area contributed by atoms with Crippen LogP contribution >= 0.6 is 0 Å². The molecule has 0 aromatic heterocycles. The fraction of sp³-hybridized carbons (Fsp3) is 1.00. The third-order valence-electron chi connectivity index (χ3n) is 2.30. The van der Waals surface area contributed by atoms with Crippen LogP contribution in [-0.2, 0) is 14.8 Å². The second-order valence-corrected chi connectivity index (χ2v) is 5.60. The third kappa shape index (κ3) is 6.42. The number of hydrogen-bond acceptors (Lipinski definition) is 4. The summed E-state index contributed by atoms with van der Waals surface area (Å²) >= 11 is 0. The lowest BCUT2D eigenvalue weighted by Crippen LogP contribution is -2.36. The van der Waals surface area contributed by atoms with E-state index in [-0.39, 0.29) is 5.75 Å². The standard InChI is InChI=1S/C10H24N2O3S/c1-4-11-7-6-10-16(13,14)12(5-2)8-9-15-3/h11H,4-10H2,1-3H3. The lowest BCUT2D eigenvalue weighted by atomic mass is 10.5. The van der Waals surface area contributed by atoms with Crippen LogP contribution in [0.25, 0.3) is 0 Å². The van der Waals surface area contributed by atoms with Crippen molar-refractivity contribution in [1.29, 1.82) is 0 Å². The Kier molecular flexibility index (Phi) is 8.83. The molecule has 0 aromatic carbocycles. The topological polar surface area (TPSA) is 58.6 Å². The highest BCUT2D eigenvalue weighted by atomic mass is 32.2. The summed E-state index contributed by atoms with van der Waals surface area (Å²) in [6, 6.07) is 0. The number of rotatable bonds is 10. The molecule has 0 saturated carbocycles. The largest absolute Gasteiger partial charge is 0.383 e. The molecule has 0 aliphatic heterocycles. The molecule has 0 fully saturated rings. The molecule has 0 aliphatic carbocycles. The minimum atomic E-state index is -3.11. The molecule has 0 saturated heterocycles. The van der Waals surface area contributed by atoms with Gasteiger partial charge in [-0.15, -0.1) is 0 Å². The summed E-state index contributed by atoms with van der Waals surface area (Å²) in [6.45, 7) is 6.87. The minimum Gasteiger partial charge on any atom is -0.383 e. The lowest BCUT2D eigenvalue weighted by molar-refractivity contribution is 0.180. The minimum absolute atomic E-state index is 0.206. The number of sulfonamides is 1. The smallest absolute Gasteiger partial charge is 0.214 e. The predicted molar refractivity (Wildman–Crippen MR) is 66.1 cm³/mol. The highest BCUT2D eigenvalue weighted by molar-refractivity contribution is 7.89. The first kappa shape index (κ1) is 15.8. The Labute approximate surface area is 99.2 Å². The fourth-order valence-corrected chi connectivity index (χ4v) is 2.89. The fourth-order valence-electron chi connectivity index (χ4n) is 1.37. The summed E-state index contributed by atoms with van der Waals surface area (Å²) in [4.78, 5) is 0. The van der Waals surface area contributed by atoms with E-state index in [0.29, 0.717) is 26.1 Å². The Hall–Kier alpha value is -0.170. The second kappa shape index (κ2) is 8.92. The van der Waals surface area contributed by atoms with E-state index in [4.69, 9.17) is 4.74 Å². The van der Waals surface area contributed by atoms with Crippen LogP contribution < -0.4 is 5.32 Å². The molecule has 0 unspecified atom stereocenters. The van der Waals surface area contributed by atoms with E-state index in [1.165, 1.54) is 4.31 Å². The van der Waals surface area contributed by atoms with Gasteiger partial charge in [0.1, 0.15) is 0 Å². The van der Waals surface area contributed by atoms with Gasteiger partial charge in [0.2, 0.25) is 10.0 Å². The van der Waals surface area contributed by atoms with Crippen LogP contribution in [0.2, 0.25) is 0 Å². The number of nitrogens with zero attached hydrogens (tertiary/aromatic N) is 1. The van der Waals surface area contributed by atoms with Gasteiger partial charge in [0.15, 0.2) is 0 Å². The van der Waals surface area contributed by atoms with Crippen LogP contribution in [0.4, 0.5) is 0 Å². The molecule has 0 atom stereocenters. The maximum atomic E-state index is 11.9. The summed E-state index contributed by atoms with van der Waals surface area (Å²) in [5.74, 6) is 0.206. The van der Waals surface area contributed by atoms with Gasteiger partial charge in [-0.1, -0.05) is 13.8 Å². The molecule has 0 aromatic rings. The van der Waals surface area contributed by atoms with Gasteiger partial charge in [-0.3, -0.25) is 0 Å². The average Bonchev–Trinajstić information content (AvgIpc) is 2.25. The number of nitrogens with one attached hydrogen (secondary N) is 1. The zero-order chi connectivity index (χ0) is 12.4. The van der Waals surface area contributed by atoms with Crippen molar-refractivity contribution in [2.75, 3.05) is 45.6 Å². The van der Waals surface area contributed by atoms with E-state index < -0.39 is 10.0 Å². The number of ether oxygens (including phenoxy) is 1. The van der Waals surface area contributed by atoms with Crippen molar-refractivity contribution < 1.29 is 13.2 Å². The molecule has 0 spiro atoms. The average molecular weight is 252 g/mol. The number of methoxy groups -OCH3 is 1. The van der Waals surface area contributed by atoms with E-state index in [9.17, 15) is 8.42 Å². The van der Waals surface area contributed by atoms with Gasteiger partial charge in [0, 0.05) is 20.2 Å². The molecular weight excluding hydrogens is 228 g/mol. The van der Waals surface area contributed by atoms with Crippen molar-refractivity contribution >= 4 is 10.0 Å². The van der Waals surface area contributed by atoms with Gasteiger partial charge in [0.25, 0.3) is 0 Å². The number of hydrogen-bond donors (Lipinski definition) is 1. The summed E-state index contributed by atoms with van der Waals surface area (Å²) in [6.07, 6.45) is 0.652. The maximum absolute atomic E-state index is 11.9. The summed E-state index contributed by atoms with van der Waals surface area (Å²) < 4.78 is 30.1.